The van der Waals surface area contributed by atoms with Gasteiger partial charge in [-0.2, -0.15) is 0 Å². The molecule has 0 bridgehead atoms. The van der Waals surface area contributed by atoms with E-state index in [1.54, 1.807) is 12.3 Å². The number of nitrogens with two attached hydrogens (primary N) is 1. The number of aromatic nitrogens is 3. The minimum absolute atomic E-state index is 0.0228. The molecule has 4 rings (SSSR count). The van der Waals surface area contributed by atoms with Gasteiger partial charge in [-0.15, -0.1) is 0 Å². The molecule has 0 aliphatic carbocycles. The van der Waals surface area contributed by atoms with Gasteiger partial charge in [0.2, 0.25) is 5.91 Å². The summed E-state index contributed by atoms with van der Waals surface area (Å²) in [4.78, 5) is 23.8. The Morgan fingerprint density at radius 3 is 2.88 bits per heavy atom. The van der Waals surface area contributed by atoms with Gasteiger partial charge in [-0.25, -0.2) is 4.98 Å². The van der Waals surface area contributed by atoms with E-state index in [2.05, 4.69) is 20.3 Å². The van der Waals surface area contributed by atoms with Crippen molar-refractivity contribution < 1.29 is 4.79 Å². The van der Waals surface area contributed by atoms with Gasteiger partial charge in [0, 0.05) is 29.6 Å². The summed E-state index contributed by atoms with van der Waals surface area (Å²) in [6.07, 6.45) is 4.07. The number of hydrogen-bond donors (Lipinski definition) is 3. The zero-order chi connectivity index (χ0) is 16.8. The second-order valence-electron chi connectivity index (χ2n) is 5.66. The monoisotopic (exact) mass is 361 g/mol. The number of nitrogens with zero attached hydrogens (tertiary/aromatic N) is 2. The highest BCUT2D eigenvalue weighted by Gasteiger charge is 2.24. The van der Waals surface area contributed by atoms with E-state index >= 15 is 0 Å². The van der Waals surface area contributed by atoms with Crippen molar-refractivity contribution in [3.63, 3.8) is 0 Å². The molecule has 1 aliphatic rings. The number of hydrogen-bond acceptors (Lipinski definition) is 4. The first-order valence-electron chi connectivity index (χ1n) is 7.40. The van der Waals surface area contributed by atoms with Crippen LogP contribution < -0.4 is 11.1 Å². The first-order chi connectivity index (χ1) is 11.5. The van der Waals surface area contributed by atoms with Crippen LogP contribution in [0.4, 0.5) is 5.82 Å². The molecule has 24 heavy (non-hydrogen) atoms. The van der Waals surface area contributed by atoms with Crippen LogP contribution in [0.3, 0.4) is 0 Å². The van der Waals surface area contributed by atoms with Crippen molar-refractivity contribution in [3.8, 4) is 11.3 Å². The van der Waals surface area contributed by atoms with Crippen LogP contribution in [0.25, 0.3) is 22.2 Å². The van der Waals surface area contributed by atoms with Gasteiger partial charge in [0.15, 0.2) is 0 Å². The fourth-order valence-electron chi connectivity index (χ4n) is 3.11. The number of rotatable bonds is 1. The summed E-state index contributed by atoms with van der Waals surface area (Å²) in [5.41, 5.74) is 9.71. The molecule has 4 N–H and O–H groups in total. The number of carbonyl (C=O) groups is 1. The number of benzene rings is 1. The van der Waals surface area contributed by atoms with Gasteiger partial charge >= 0.3 is 0 Å². The third-order valence-electron chi connectivity index (χ3n) is 4.13. The highest BCUT2D eigenvalue weighted by atomic mass is 35.5. The van der Waals surface area contributed by atoms with Crippen molar-refractivity contribution in [2.24, 2.45) is 0 Å². The van der Waals surface area contributed by atoms with E-state index in [-0.39, 0.29) is 12.3 Å². The molecule has 1 amide bonds. The molecule has 0 fully saturated rings. The number of anilines is 1. The van der Waals surface area contributed by atoms with Crippen LogP contribution in [0.5, 0.6) is 0 Å². The highest BCUT2D eigenvalue weighted by Crippen LogP contribution is 2.40. The molecule has 122 valence electrons. The first kappa shape index (κ1) is 15.2. The summed E-state index contributed by atoms with van der Waals surface area (Å²) in [5, 5.41) is 4.55. The quantitative estimate of drug-likeness (QED) is 0.620. The van der Waals surface area contributed by atoms with E-state index in [9.17, 15) is 4.79 Å². The van der Waals surface area contributed by atoms with Gasteiger partial charge in [-0.3, -0.25) is 9.78 Å². The topological polar surface area (TPSA) is 96.7 Å². The molecular weight excluding hydrogens is 349 g/mol. The van der Waals surface area contributed by atoms with Crippen LogP contribution in [0, 0.1) is 0 Å². The Bertz CT molecular complexity index is 982. The molecule has 6 nitrogen and oxygen atoms in total. The van der Waals surface area contributed by atoms with E-state index < -0.39 is 0 Å². The molecule has 0 saturated heterocycles. The Labute approximate surface area is 147 Å². The fourth-order valence-corrected chi connectivity index (χ4v) is 3.51. The molecule has 3 heterocycles. The zero-order valence-electron chi connectivity index (χ0n) is 12.5. The van der Waals surface area contributed by atoms with Crippen molar-refractivity contribution in [1.82, 2.24) is 20.3 Å². The van der Waals surface area contributed by atoms with Gasteiger partial charge in [0.05, 0.1) is 40.1 Å². The molecule has 1 aliphatic heterocycles. The van der Waals surface area contributed by atoms with Crippen LogP contribution in [-0.4, -0.2) is 27.4 Å². The molecule has 8 heteroatoms. The molecule has 0 saturated carbocycles. The highest BCUT2D eigenvalue weighted by molar-refractivity contribution is 6.45. The van der Waals surface area contributed by atoms with E-state index in [0.29, 0.717) is 40.0 Å². The van der Waals surface area contributed by atoms with Gasteiger partial charge in [0.25, 0.3) is 0 Å². The van der Waals surface area contributed by atoms with Crippen LogP contribution in [-0.2, 0) is 17.6 Å². The maximum atomic E-state index is 12.0. The Hall–Kier alpha value is -2.31. The van der Waals surface area contributed by atoms with Crippen LogP contribution in [0.2, 0.25) is 10.0 Å². The maximum Gasteiger partial charge on any atom is 0.224 e. The fraction of sp³-hybridized carbons (Fsp3) is 0.188. The third-order valence-corrected chi connectivity index (χ3v) is 4.91. The summed E-state index contributed by atoms with van der Waals surface area (Å²) >= 11 is 12.7. The lowest BCUT2D eigenvalue weighted by molar-refractivity contribution is -0.120. The number of nitrogens with one attached hydrogen (secondary N) is 2. The molecule has 2 aromatic heterocycles. The summed E-state index contributed by atoms with van der Waals surface area (Å²) in [6.45, 7) is 0.581. The molecule has 1 aromatic carbocycles. The lowest BCUT2D eigenvalue weighted by Crippen LogP contribution is -2.24. The van der Waals surface area contributed by atoms with Gasteiger partial charge < -0.3 is 16.0 Å². The SMILES string of the molecule is Nc1cncc(-c2cc(Cl)c(Cl)c3[nH]c4c(c23)CC(=O)NCC4)n1. The van der Waals surface area contributed by atoms with Crippen molar-refractivity contribution in [2.75, 3.05) is 12.3 Å². The van der Waals surface area contributed by atoms with Gasteiger partial charge in [-0.05, 0) is 11.6 Å². The second-order valence-corrected chi connectivity index (χ2v) is 6.44. The van der Waals surface area contributed by atoms with E-state index in [1.165, 1.54) is 6.20 Å². The van der Waals surface area contributed by atoms with Crippen LogP contribution in [0.1, 0.15) is 11.3 Å². The number of fused-ring (bicyclic) bond motifs is 3. The predicted octanol–water partition coefficient (Wildman–Crippen LogP) is 2.73. The Kier molecular flexibility index (Phi) is 3.58. The summed E-state index contributed by atoms with van der Waals surface area (Å²) < 4.78 is 0. The van der Waals surface area contributed by atoms with Crippen molar-refractivity contribution >= 4 is 45.8 Å². The van der Waals surface area contributed by atoms with E-state index in [0.717, 1.165) is 22.2 Å². The lowest BCUT2D eigenvalue weighted by atomic mass is 10.00. The Morgan fingerprint density at radius 2 is 2.08 bits per heavy atom. The van der Waals surface area contributed by atoms with E-state index in [4.69, 9.17) is 28.9 Å². The minimum atomic E-state index is -0.0228. The summed E-state index contributed by atoms with van der Waals surface area (Å²) in [5.74, 6) is 0.288. The number of amides is 1. The average Bonchev–Trinajstić information content (AvgIpc) is 2.79. The van der Waals surface area contributed by atoms with Gasteiger partial charge in [0.1, 0.15) is 5.82 Å². The summed E-state index contributed by atoms with van der Waals surface area (Å²) in [7, 11) is 0. The Morgan fingerprint density at radius 1 is 1.25 bits per heavy atom. The van der Waals surface area contributed by atoms with Crippen molar-refractivity contribution in [1.29, 1.82) is 0 Å². The molecule has 0 atom stereocenters. The van der Waals surface area contributed by atoms with Crippen molar-refractivity contribution in [2.45, 2.75) is 12.8 Å². The molecule has 0 unspecified atom stereocenters. The molecular formula is C16H13Cl2N5O. The lowest BCUT2D eigenvalue weighted by Gasteiger charge is -2.09. The smallest absolute Gasteiger partial charge is 0.224 e. The third kappa shape index (κ3) is 2.39. The number of carbonyl (C=O) groups excluding carboxylic acids is 1. The molecule has 0 spiro atoms. The Balaban J connectivity index is 2.08. The number of H-pyrrole nitrogens is 1. The first-order valence-corrected chi connectivity index (χ1v) is 8.16. The van der Waals surface area contributed by atoms with Gasteiger partial charge in [-0.1, -0.05) is 23.2 Å². The second kappa shape index (κ2) is 5.65. The zero-order valence-corrected chi connectivity index (χ0v) is 14.0. The predicted molar refractivity (Wildman–Crippen MR) is 94.2 cm³/mol. The normalized spacial score (nSPS) is 14.3. The summed E-state index contributed by atoms with van der Waals surface area (Å²) in [6, 6.07) is 1.74. The number of aromatic amines is 1. The van der Waals surface area contributed by atoms with Crippen LogP contribution >= 0.6 is 23.2 Å². The minimum Gasteiger partial charge on any atom is -0.382 e. The standard InChI is InChI=1S/C16H13Cl2N5O/c17-9-3-7(11-5-20-6-12(19)22-11)14-8-4-13(24)21-2-1-10(8)23-16(14)15(9)18/h3,5-6,23H,1-2,4H2,(H2,19,22)(H,21,24). The number of halogens is 2. The average molecular weight is 362 g/mol. The van der Waals surface area contributed by atoms with Crippen LogP contribution in [0.15, 0.2) is 18.5 Å². The number of nitrogen functional groups attached to an aromatic ring is 1. The molecule has 3 aromatic rings. The van der Waals surface area contributed by atoms with E-state index in [1.807, 2.05) is 0 Å². The maximum absolute atomic E-state index is 12.0. The largest absolute Gasteiger partial charge is 0.382 e. The molecule has 0 radical (unpaired) electrons. The van der Waals surface area contributed by atoms with Crippen molar-refractivity contribution in [3.05, 3.63) is 39.8 Å².